The van der Waals surface area contributed by atoms with Crippen LogP contribution in [-0.2, 0) is 9.59 Å². The van der Waals surface area contributed by atoms with Gasteiger partial charge in [-0.2, -0.15) is 10.5 Å². The third-order valence-electron chi connectivity index (χ3n) is 4.57. The Balaban J connectivity index is 2.04. The number of hydrogen-bond donors (Lipinski definition) is 2. The summed E-state index contributed by atoms with van der Waals surface area (Å²) in [4.78, 5) is 25.4. The molecule has 1 aliphatic rings. The van der Waals surface area contributed by atoms with E-state index < -0.39 is 11.7 Å². The summed E-state index contributed by atoms with van der Waals surface area (Å²) >= 11 is 0. The Morgan fingerprint density at radius 3 is 2.68 bits per heavy atom. The Morgan fingerprint density at radius 1 is 1.26 bits per heavy atom. The standard InChI is InChI=1S/C22H17FN6O2/c1-14(22(31)28-12-21(30)27-13-28)7-20(16-4-2-3-15(8-16)10-24)29(26)18-5-6-19(23)17(9-18)11-25/h2-9H,1,12-13,26H2,(H,27,30)/b20-7-. The van der Waals surface area contributed by atoms with E-state index in [2.05, 4.69) is 11.9 Å². The summed E-state index contributed by atoms with van der Waals surface area (Å²) in [6.45, 7) is 3.78. The van der Waals surface area contributed by atoms with Crippen LogP contribution in [0, 0.1) is 28.5 Å². The highest BCUT2D eigenvalue weighted by atomic mass is 19.1. The molecule has 2 aromatic carbocycles. The number of nitriles is 2. The van der Waals surface area contributed by atoms with Gasteiger partial charge in [0, 0.05) is 11.1 Å². The molecule has 31 heavy (non-hydrogen) atoms. The highest BCUT2D eigenvalue weighted by Gasteiger charge is 2.25. The Morgan fingerprint density at radius 2 is 2.03 bits per heavy atom. The molecule has 0 aliphatic carbocycles. The summed E-state index contributed by atoms with van der Waals surface area (Å²) in [5.74, 6) is 4.84. The first kappa shape index (κ1) is 21.2. The first-order chi connectivity index (χ1) is 14.8. The van der Waals surface area contributed by atoms with Crippen LogP contribution in [0.3, 0.4) is 0 Å². The molecule has 1 heterocycles. The van der Waals surface area contributed by atoms with Gasteiger partial charge in [0.2, 0.25) is 5.91 Å². The number of hydrogen-bond acceptors (Lipinski definition) is 6. The zero-order valence-electron chi connectivity index (χ0n) is 16.3. The average Bonchev–Trinajstić information content (AvgIpc) is 3.22. The van der Waals surface area contributed by atoms with Gasteiger partial charge in [-0.15, -0.1) is 0 Å². The first-order valence-corrected chi connectivity index (χ1v) is 9.05. The molecular formula is C22H17FN6O2. The van der Waals surface area contributed by atoms with Gasteiger partial charge in [-0.25, -0.2) is 10.2 Å². The van der Waals surface area contributed by atoms with Gasteiger partial charge < -0.3 is 10.2 Å². The van der Waals surface area contributed by atoms with E-state index in [1.54, 1.807) is 30.3 Å². The first-order valence-electron chi connectivity index (χ1n) is 9.05. The maximum absolute atomic E-state index is 13.7. The molecular weight excluding hydrogens is 399 g/mol. The zero-order chi connectivity index (χ0) is 22.5. The summed E-state index contributed by atoms with van der Waals surface area (Å²) in [5.41, 5.74) is 1.27. The lowest BCUT2D eigenvalue weighted by Crippen LogP contribution is -2.32. The van der Waals surface area contributed by atoms with Crippen LogP contribution in [0.4, 0.5) is 10.1 Å². The molecule has 0 unspecified atom stereocenters. The van der Waals surface area contributed by atoms with E-state index in [-0.39, 0.29) is 41.6 Å². The fourth-order valence-electron chi connectivity index (χ4n) is 2.97. The van der Waals surface area contributed by atoms with E-state index in [1.807, 2.05) is 6.07 Å². The third kappa shape index (κ3) is 4.58. The number of anilines is 1. The van der Waals surface area contributed by atoms with Crippen molar-refractivity contribution in [2.75, 3.05) is 18.2 Å². The summed E-state index contributed by atoms with van der Waals surface area (Å²) in [5, 5.41) is 22.0. The second-order valence-corrected chi connectivity index (χ2v) is 6.65. The monoisotopic (exact) mass is 416 g/mol. The van der Waals surface area contributed by atoms with E-state index in [0.29, 0.717) is 11.1 Å². The fraction of sp³-hybridized carbons (Fsp3) is 0.0909. The average molecular weight is 416 g/mol. The smallest absolute Gasteiger partial charge is 0.255 e. The molecule has 0 radical (unpaired) electrons. The SMILES string of the molecule is C=C(/C=C(/c1cccc(C#N)c1)N(N)c1ccc(F)c(C#N)c1)C(=O)N1CNC(=O)C1. The molecule has 0 atom stereocenters. The van der Waals surface area contributed by atoms with Crippen LogP contribution in [-0.4, -0.2) is 29.9 Å². The molecule has 1 fully saturated rings. The summed E-state index contributed by atoms with van der Waals surface area (Å²) in [6, 6.07) is 14.0. The maximum Gasteiger partial charge on any atom is 0.255 e. The van der Waals surface area contributed by atoms with Gasteiger partial charge in [0.1, 0.15) is 18.4 Å². The molecule has 3 N–H and O–H groups in total. The molecule has 0 saturated carbocycles. The molecule has 1 saturated heterocycles. The number of nitrogens with zero attached hydrogens (tertiary/aromatic N) is 4. The van der Waals surface area contributed by atoms with Crippen LogP contribution < -0.4 is 16.2 Å². The van der Waals surface area contributed by atoms with Crippen molar-refractivity contribution in [2.24, 2.45) is 5.84 Å². The summed E-state index contributed by atoms with van der Waals surface area (Å²) in [7, 11) is 0. The van der Waals surface area contributed by atoms with E-state index in [9.17, 15) is 19.2 Å². The molecule has 0 aromatic heterocycles. The van der Waals surface area contributed by atoms with E-state index in [0.717, 1.165) is 6.07 Å². The van der Waals surface area contributed by atoms with Crippen molar-refractivity contribution >= 4 is 23.2 Å². The maximum atomic E-state index is 13.7. The van der Waals surface area contributed by atoms with Crippen LogP contribution in [0.5, 0.6) is 0 Å². The van der Waals surface area contributed by atoms with Crippen molar-refractivity contribution in [1.29, 1.82) is 10.5 Å². The summed E-state index contributed by atoms with van der Waals surface area (Å²) < 4.78 is 13.7. The van der Waals surface area contributed by atoms with Crippen molar-refractivity contribution in [1.82, 2.24) is 10.2 Å². The molecule has 0 spiro atoms. The number of hydrazine groups is 1. The number of nitrogens with one attached hydrogen (secondary N) is 1. The van der Waals surface area contributed by atoms with Crippen molar-refractivity contribution in [3.8, 4) is 12.1 Å². The van der Waals surface area contributed by atoms with Crippen LogP contribution in [0.1, 0.15) is 16.7 Å². The van der Waals surface area contributed by atoms with Crippen molar-refractivity contribution in [3.63, 3.8) is 0 Å². The number of benzene rings is 2. The zero-order valence-corrected chi connectivity index (χ0v) is 16.3. The van der Waals surface area contributed by atoms with E-state index in [4.69, 9.17) is 11.1 Å². The van der Waals surface area contributed by atoms with Crippen molar-refractivity contribution in [3.05, 3.63) is 83.2 Å². The van der Waals surface area contributed by atoms with Gasteiger partial charge in [0.15, 0.2) is 0 Å². The number of rotatable bonds is 5. The largest absolute Gasteiger partial charge is 0.337 e. The van der Waals surface area contributed by atoms with Crippen molar-refractivity contribution < 1.29 is 14.0 Å². The molecule has 2 aromatic rings. The van der Waals surface area contributed by atoms with Crippen LogP contribution in [0.25, 0.3) is 5.70 Å². The van der Waals surface area contributed by atoms with Gasteiger partial charge in [0.25, 0.3) is 5.91 Å². The third-order valence-corrected chi connectivity index (χ3v) is 4.57. The quantitative estimate of drug-likeness (QED) is 0.331. The molecule has 0 bridgehead atoms. The minimum Gasteiger partial charge on any atom is -0.337 e. The van der Waals surface area contributed by atoms with Gasteiger partial charge in [-0.05, 0) is 36.4 Å². The summed E-state index contributed by atoms with van der Waals surface area (Å²) in [6.07, 6.45) is 1.41. The highest BCUT2D eigenvalue weighted by molar-refractivity contribution is 6.01. The normalized spacial score (nSPS) is 13.2. The number of carbonyl (C=O) groups is 2. The molecule has 1 aliphatic heterocycles. The van der Waals surface area contributed by atoms with Crippen LogP contribution >= 0.6 is 0 Å². The molecule has 3 rings (SSSR count). The van der Waals surface area contributed by atoms with E-state index >= 15 is 0 Å². The Bertz CT molecular complexity index is 1190. The number of nitrogens with two attached hydrogens (primary N) is 1. The second kappa shape index (κ2) is 8.91. The molecule has 2 amide bonds. The number of amides is 2. The Labute approximate surface area is 177 Å². The lowest BCUT2D eigenvalue weighted by Gasteiger charge is -2.24. The second-order valence-electron chi connectivity index (χ2n) is 6.65. The molecule has 154 valence electrons. The van der Waals surface area contributed by atoms with Crippen molar-refractivity contribution in [2.45, 2.75) is 0 Å². The van der Waals surface area contributed by atoms with E-state index in [1.165, 1.54) is 28.1 Å². The molecule has 8 nitrogen and oxygen atoms in total. The predicted molar refractivity (Wildman–Crippen MR) is 111 cm³/mol. The minimum atomic E-state index is -0.692. The van der Waals surface area contributed by atoms with Crippen LogP contribution in [0.15, 0.2) is 60.7 Å². The Hall–Kier alpha value is -4.47. The van der Waals surface area contributed by atoms with Crippen LogP contribution in [0.2, 0.25) is 0 Å². The number of halogens is 1. The highest BCUT2D eigenvalue weighted by Crippen LogP contribution is 2.27. The minimum absolute atomic E-state index is 0.0481. The van der Waals surface area contributed by atoms with Gasteiger partial charge >= 0.3 is 0 Å². The predicted octanol–water partition coefficient (Wildman–Crippen LogP) is 1.76. The van der Waals surface area contributed by atoms with Gasteiger partial charge in [-0.3, -0.25) is 14.6 Å². The van der Waals surface area contributed by atoms with Gasteiger partial charge in [0.05, 0.1) is 35.2 Å². The lowest BCUT2D eigenvalue weighted by atomic mass is 10.0. The Kier molecular flexibility index (Phi) is 6.10. The lowest BCUT2D eigenvalue weighted by molar-refractivity contribution is -0.127. The topological polar surface area (TPSA) is 126 Å². The van der Waals surface area contributed by atoms with Gasteiger partial charge in [-0.1, -0.05) is 18.7 Å². The molecule has 9 heteroatoms. The number of carbonyl (C=O) groups excluding carboxylic acids is 2. The fourth-order valence-corrected chi connectivity index (χ4v) is 2.97.